The Hall–Kier alpha value is -0.800. The Bertz CT molecular complexity index is 424. The molecule has 118 valence electrons. The molecule has 0 unspecified atom stereocenters. The predicted molar refractivity (Wildman–Crippen MR) is 91.1 cm³/mol. The summed E-state index contributed by atoms with van der Waals surface area (Å²) in [6, 6.07) is 2.79. The van der Waals surface area contributed by atoms with Crippen molar-refractivity contribution in [3.8, 4) is 0 Å². The zero-order valence-electron chi connectivity index (χ0n) is 13.4. The largest absolute Gasteiger partial charge is 0.355 e. The van der Waals surface area contributed by atoms with E-state index in [1.807, 2.05) is 6.20 Å². The normalized spacial score (nSPS) is 14.4. The van der Waals surface area contributed by atoms with Gasteiger partial charge in [0.2, 0.25) is 0 Å². The van der Waals surface area contributed by atoms with Gasteiger partial charge in [0, 0.05) is 31.9 Å². The van der Waals surface area contributed by atoms with Crippen molar-refractivity contribution in [2.75, 3.05) is 18.0 Å². The van der Waals surface area contributed by atoms with Crippen molar-refractivity contribution >= 4 is 17.4 Å². The summed E-state index contributed by atoms with van der Waals surface area (Å²) in [6.45, 7) is 7.41. The highest BCUT2D eigenvalue weighted by Crippen LogP contribution is 2.26. The molecule has 0 aromatic carbocycles. The molecule has 0 bridgehead atoms. The maximum absolute atomic E-state index is 6.48. The van der Waals surface area contributed by atoms with Gasteiger partial charge >= 0.3 is 0 Å². The average Bonchev–Trinajstić information content (AvgIpc) is 3.30. The van der Waals surface area contributed by atoms with Gasteiger partial charge in [-0.1, -0.05) is 38.3 Å². The number of hydrogen-bond acceptors (Lipinski definition) is 3. The van der Waals surface area contributed by atoms with Crippen LogP contribution in [0, 0.1) is 0 Å². The molecular weight excluding hydrogens is 282 g/mol. The zero-order chi connectivity index (χ0) is 15.1. The second kappa shape index (κ2) is 8.60. The van der Waals surface area contributed by atoms with Crippen LogP contribution in [0.4, 0.5) is 5.82 Å². The summed E-state index contributed by atoms with van der Waals surface area (Å²) in [7, 11) is 0. The van der Waals surface area contributed by atoms with Gasteiger partial charge in [-0.25, -0.2) is 4.98 Å². The lowest BCUT2D eigenvalue weighted by Gasteiger charge is -2.24. The van der Waals surface area contributed by atoms with E-state index in [2.05, 4.69) is 35.1 Å². The van der Waals surface area contributed by atoms with E-state index in [1.54, 1.807) is 0 Å². The van der Waals surface area contributed by atoms with Crippen LogP contribution < -0.4 is 10.2 Å². The molecule has 4 heteroatoms. The number of rotatable bonds is 10. The number of anilines is 1. The molecule has 0 amide bonds. The third kappa shape index (κ3) is 5.48. The van der Waals surface area contributed by atoms with E-state index in [0.29, 0.717) is 6.04 Å². The molecular formula is C17H28ClN3. The van der Waals surface area contributed by atoms with Gasteiger partial charge in [-0.3, -0.25) is 0 Å². The lowest BCUT2D eigenvalue weighted by Crippen LogP contribution is -2.27. The molecule has 1 heterocycles. The Balaban J connectivity index is 1.99. The van der Waals surface area contributed by atoms with Crippen molar-refractivity contribution in [1.82, 2.24) is 10.3 Å². The topological polar surface area (TPSA) is 28.2 Å². The Labute approximate surface area is 134 Å². The number of halogens is 1. The van der Waals surface area contributed by atoms with Gasteiger partial charge in [0.25, 0.3) is 0 Å². The Morgan fingerprint density at radius 3 is 2.43 bits per heavy atom. The third-order valence-corrected chi connectivity index (χ3v) is 4.19. The quantitative estimate of drug-likeness (QED) is 0.694. The number of hydrogen-bond donors (Lipinski definition) is 1. The van der Waals surface area contributed by atoms with E-state index < -0.39 is 0 Å². The number of nitrogens with one attached hydrogen (secondary N) is 1. The van der Waals surface area contributed by atoms with E-state index in [-0.39, 0.29) is 0 Å². The fraction of sp³-hybridized carbons (Fsp3) is 0.706. The number of aromatic nitrogens is 1. The van der Waals surface area contributed by atoms with E-state index in [4.69, 9.17) is 11.6 Å². The molecule has 1 aliphatic carbocycles. The molecule has 0 saturated heterocycles. The van der Waals surface area contributed by atoms with E-state index >= 15 is 0 Å². The Morgan fingerprint density at radius 2 is 1.90 bits per heavy atom. The fourth-order valence-corrected chi connectivity index (χ4v) is 2.68. The summed E-state index contributed by atoms with van der Waals surface area (Å²) in [5.74, 6) is 0.953. The van der Waals surface area contributed by atoms with Crippen LogP contribution in [0.15, 0.2) is 12.3 Å². The van der Waals surface area contributed by atoms with Crippen LogP contribution in [0.2, 0.25) is 5.02 Å². The van der Waals surface area contributed by atoms with Crippen LogP contribution in [0.5, 0.6) is 0 Å². The number of pyridine rings is 1. The zero-order valence-corrected chi connectivity index (χ0v) is 14.1. The molecule has 0 spiro atoms. The number of nitrogens with zero attached hydrogens (tertiary/aromatic N) is 2. The molecule has 0 atom stereocenters. The van der Waals surface area contributed by atoms with Gasteiger partial charge in [0.1, 0.15) is 5.82 Å². The SMILES string of the molecule is CCCCN(CCCC)c1ncc(CNC2CC2)cc1Cl. The van der Waals surface area contributed by atoms with E-state index in [1.165, 1.54) is 44.1 Å². The summed E-state index contributed by atoms with van der Waals surface area (Å²) in [4.78, 5) is 6.98. The van der Waals surface area contributed by atoms with Crippen LogP contribution in [-0.2, 0) is 6.54 Å². The molecule has 21 heavy (non-hydrogen) atoms. The monoisotopic (exact) mass is 309 g/mol. The Kier molecular flexibility index (Phi) is 6.78. The van der Waals surface area contributed by atoms with Crippen LogP contribution in [-0.4, -0.2) is 24.1 Å². The standard InChI is InChI=1S/C17H28ClN3/c1-3-5-9-21(10-6-4-2)17-16(18)11-14(13-20-17)12-19-15-7-8-15/h11,13,15,19H,3-10,12H2,1-2H3. The maximum Gasteiger partial charge on any atom is 0.147 e. The second-order valence-electron chi connectivity index (χ2n) is 6.00. The molecule has 3 nitrogen and oxygen atoms in total. The van der Waals surface area contributed by atoms with Crippen molar-refractivity contribution < 1.29 is 0 Å². The van der Waals surface area contributed by atoms with Crippen molar-refractivity contribution in [2.45, 2.75) is 65.0 Å². The summed E-state index contributed by atoms with van der Waals surface area (Å²) in [6.07, 6.45) is 9.36. The van der Waals surface area contributed by atoms with E-state index in [9.17, 15) is 0 Å². The average molecular weight is 310 g/mol. The molecule has 1 saturated carbocycles. The van der Waals surface area contributed by atoms with Gasteiger partial charge < -0.3 is 10.2 Å². The highest BCUT2D eigenvalue weighted by Gasteiger charge is 2.20. The summed E-state index contributed by atoms with van der Waals surface area (Å²) in [5.41, 5.74) is 1.18. The fourth-order valence-electron chi connectivity index (χ4n) is 2.37. The first kappa shape index (κ1) is 16.6. The maximum atomic E-state index is 6.48. The second-order valence-corrected chi connectivity index (χ2v) is 6.41. The van der Waals surface area contributed by atoms with E-state index in [0.717, 1.165) is 30.5 Å². The van der Waals surface area contributed by atoms with Crippen molar-refractivity contribution in [3.63, 3.8) is 0 Å². The molecule has 1 aromatic heterocycles. The minimum atomic E-state index is 0.717. The predicted octanol–water partition coefficient (Wildman–Crippen LogP) is 4.39. The first-order chi connectivity index (χ1) is 10.2. The van der Waals surface area contributed by atoms with Gasteiger partial charge in [0.05, 0.1) is 5.02 Å². The van der Waals surface area contributed by atoms with Crippen molar-refractivity contribution in [3.05, 3.63) is 22.8 Å². The molecule has 1 aromatic rings. The lowest BCUT2D eigenvalue weighted by molar-refractivity contribution is 0.667. The molecule has 1 aliphatic rings. The van der Waals surface area contributed by atoms with Crippen LogP contribution in [0.1, 0.15) is 57.9 Å². The first-order valence-corrected chi connectivity index (χ1v) is 8.75. The highest BCUT2D eigenvalue weighted by molar-refractivity contribution is 6.33. The van der Waals surface area contributed by atoms with Crippen LogP contribution >= 0.6 is 11.6 Å². The summed E-state index contributed by atoms with van der Waals surface area (Å²) >= 11 is 6.48. The molecule has 2 rings (SSSR count). The molecule has 1 fully saturated rings. The minimum absolute atomic E-state index is 0.717. The van der Waals surface area contributed by atoms with Gasteiger partial charge in [-0.15, -0.1) is 0 Å². The van der Waals surface area contributed by atoms with Gasteiger partial charge in [-0.2, -0.15) is 0 Å². The van der Waals surface area contributed by atoms with Gasteiger partial charge in [-0.05, 0) is 37.3 Å². The van der Waals surface area contributed by atoms with Gasteiger partial charge in [0.15, 0.2) is 0 Å². The first-order valence-electron chi connectivity index (χ1n) is 8.37. The minimum Gasteiger partial charge on any atom is -0.355 e. The molecule has 0 aliphatic heterocycles. The lowest BCUT2D eigenvalue weighted by atomic mass is 10.2. The summed E-state index contributed by atoms with van der Waals surface area (Å²) < 4.78 is 0. The molecule has 0 radical (unpaired) electrons. The van der Waals surface area contributed by atoms with Crippen molar-refractivity contribution in [1.29, 1.82) is 0 Å². The van der Waals surface area contributed by atoms with Crippen LogP contribution in [0.3, 0.4) is 0 Å². The Morgan fingerprint density at radius 1 is 1.24 bits per heavy atom. The highest BCUT2D eigenvalue weighted by atomic mass is 35.5. The van der Waals surface area contributed by atoms with Crippen LogP contribution in [0.25, 0.3) is 0 Å². The summed E-state index contributed by atoms with van der Waals surface area (Å²) in [5, 5.41) is 4.29. The molecule has 1 N–H and O–H groups in total. The third-order valence-electron chi connectivity index (χ3n) is 3.91. The van der Waals surface area contributed by atoms with Crippen molar-refractivity contribution in [2.24, 2.45) is 0 Å². The smallest absolute Gasteiger partial charge is 0.147 e. The number of unbranched alkanes of at least 4 members (excludes halogenated alkanes) is 2.